The van der Waals surface area contributed by atoms with E-state index in [1.165, 1.54) is 0 Å². The van der Waals surface area contributed by atoms with Crippen molar-refractivity contribution >= 4 is 17.0 Å². The van der Waals surface area contributed by atoms with Crippen LogP contribution in [-0.4, -0.2) is 26.0 Å². The van der Waals surface area contributed by atoms with Crippen LogP contribution in [0.1, 0.15) is 12.0 Å². The molecule has 2 N–H and O–H groups in total. The Bertz CT molecular complexity index is 750. The second kappa shape index (κ2) is 5.13. The Labute approximate surface area is 115 Å². The molecule has 0 amide bonds. The average Bonchev–Trinajstić information content (AvgIpc) is 2.89. The van der Waals surface area contributed by atoms with Gasteiger partial charge in [-0.3, -0.25) is 9.78 Å². The molecule has 0 saturated heterocycles. The number of aromatic nitrogens is 3. The number of imidazole rings is 1. The zero-order valence-electron chi connectivity index (χ0n) is 10.7. The summed E-state index contributed by atoms with van der Waals surface area (Å²) in [5, 5.41) is 8.71. The van der Waals surface area contributed by atoms with E-state index in [-0.39, 0.29) is 6.42 Å². The number of aryl methyl sites for hydroxylation is 1. The molecule has 3 rings (SSSR count). The van der Waals surface area contributed by atoms with Gasteiger partial charge < -0.3 is 10.1 Å². The number of pyridine rings is 1. The molecule has 0 atom stereocenters. The molecular formula is C15H13N3O2. The predicted molar refractivity (Wildman–Crippen MR) is 75.3 cm³/mol. The zero-order valence-corrected chi connectivity index (χ0v) is 10.7. The van der Waals surface area contributed by atoms with Gasteiger partial charge in [0.15, 0.2) is 0 Å². The van der Waals surface area contributed by atoms with Crippen molar-refractivity contribution in [1.82, 2.24) is 15.0 Å². The number of carboxylic acid groups (broad SMARTS) is 1. The average molecular weight is 267 g/mol. The highest BCUT2D eigenvalue weighted by molar-refractivity contribution is 5.80. The summed E-state index contributed by atoms with van der Waals surface area (Å²) in [5.74, 6) is -0.0192. The lowest BCUT2D eigenvalue weighted by atomic mass is 10.1. The summed E-state index contributed by atoms with van der Waals surface area (Å²) in [7, 11) is 0. The molecule has 0 radical (unpaired) electrons. The lowest BCUT2D eigenvalue weighted by Crippen LogP contribution is -1.97. The summed E-state index contributed by atoms with van der Waals surface area (Å²) >= 11 is 0. The molecule has 2 aromatic heterocycles. The molecule has 5 nitrogen and oxygen atoms in total. The van der Waals surface area contributed by atoms with Crippen LogP contribution in [0.15, 0.2) is 42.7 Å². The van der Waals surface area contributed by atoms with E-state index in [2.05, 4.69) is 15.0 Å². The van der Waals surface area contributed by atoms with E-state index in [1.807, 2.05) is 30.3 Å². The van der Waals surface area contributed by atoms with Gasteiger partial charge in [0.2, 0.25) is 0 Å². The van der Waals surface area contributed by atoms with E-state index >= 15 is 0 Å². The quantitative estimate of drug-likeness (QED) is 0.761. The maximum atomic E-state index is 10.6. The number of benzene rings is 1. The van der Waals surface area contributed by atoms with Crippen LogP contribution in [0.25, 0.3) is 22.4 Å². The molecule has 5 heteroatoms. The number of rotatable bonds is 4. The number of fused-ring (bicyclic) bond motifs is 1. The Kier molecular flexibility index (Phi) is 3.16. The fourth-order valence-electron chi connectivity index (χ4n) is 2.10. The highest BCUT2D eigenvalue weighted by Crippen LogP contribution is 2.20. The number of nitrogens with zero attached hydrogens (tertiary/aromatic N) is 2. The van der Waals surface area contributed by atoms with Crippen LogP contribution in [0.4, 0.5) is 0 Å². The number of carbonyl (C=O) groups is 1. The molecule has 20 heavy (non-hydrogen) atoms. The van der Waals surface area contributed by atoms with Crippen LogP contribution in [0.5, 0.6) is 0 Å². The Balaban J connectivity index is 1.93. The van der Waals surface area contributed by atoms with Crippen molar-refractivity contribution in [2.24, 2.45) is 0 Å². The molecule has 0 saturated carbocycles. The van der Waals surface area contributed by atoms with Crippen molar-refractivity contribution in [3.63, 3.8) is 0 Å². The predicted octanol–water partition coefficient (Wildman–Crippen LogP) is 2.64. The minimum atomic E-state index is -0.786. The fraction of sp³-hybridized carbons (Fsp3) is 0.133. The van der Waals surface area contributed by atoms with Gasteiger partial charge in [0.25, 0.3) is 0 Å². The van der Waals surface area contributed by atoms with Crippen molar-refractivity contribution in [2.75, 3.05) is 0 Å². The third-order valence-corrected chi connectivity index (χ3v) is 3.11. The first kappa shape index (κ1) is 12.3. The molecule has 100 valence electrons. The van der Waals surface area contributed by atoms with Gasteiger partial charge in [-0.2, -0.15) is 0 Å². The van der Waals surface area contributed by atoms with Gasteiger partial charge >= 0.3 is 5.97 Å². The number of aromatic amines is 1. The normalized spacial score (nSPS) is 10.8. The Morgan fingerprint density at radius 1 is 1.30 bits per heavy atom. The summed E-state index contributed by atoms with van der Waals surface area (Å²) in [5.41, 5.74) is 3.69. The number of aliphatic carboxylic acids is 1. The molecule has 2 heterocycles. The fourth-order valence-corrected chi connectivity index (χ4v) is 2.10. The minimum absolute atomic E-state index is 0.134. The first-order valence-electron chi connectivity index (χ1n) is 6.33. The maximum Gasteiger partial charge on any atom is 0.303 e. The summed E-state index contributed by atoms with van der Waals surface area (Å²) in [6.07, 6.45) is 4.13. The summed E-state index contributed by atoms with van der Waals surface area (Å²) in [4.78, 5) is 22.4. The molecule has 1 aromatic carbocycles. The number of nitrogens with one attached hydrogen (secondary N) is 1. The third kappa shape index (κ3) is 2.51. The van der Waals surface area contributed by atoms with Crippen LogP contribution >= 0.6 is 0 Å². The van der Waals surface area contributed by atoms with Gasteiger partial charge in [-0.1, -0.05) is 6.07 Å². The first-order chi connectivity index (χ1) is 9.72. The molecule has 3 aromatic rings. The molecular weight excluding hydrogens is 254 g/mol. The van der Waals surface area contributed by atoms with Crippen LogP contribution in [-0.2, 0) is 11.2 Å². The van der Waals surface area contributed by atoms with Gasteiger partial charge in [0.05, 0.1) is 11.0 Å². The molecule has 0 spiro atoms. The minimum Gasteiger partial charge on any atom is -0.481 e. The number of hydrogen-bond donors (Lipinski definition) is 2. The Morgan fingerprint density at radius 3 is 2.95 bits per heavy atom. The van der Waals surface area contributed by atoms with Gasteiger partial charge in [0, 0.05) is 24.4 Å². The van der Waals surface area contributed by atoms with Crippen LogP contribution < -0.4 is 0 Å². The second-order valence-electron chi connectivity index (χ2n) is 4.57. The van der Waals surface area contributed by atoms with Crippen molar-refractivity contribution in [3.8, 4) is 11.4 Å². The van der Waals surface area contributed by atoms with Crippen molar-refractivity contribution in [3.05, 3.63) is 48.3 Å². The Morgan fingerprint density at radius 2 is 2.20 bits per heavy atom. The van der Waals surface area contributed by atoms with Gasteiger partial charge in [-0.25, -0.2) is 4.98 Å². The molecule has 0 aliphatic rings. The van der Waals surface area contributed by atoms with Crippen molar-refractivity contribution in [2.45, 2.75) is 12.8 Å². The highest BCUT2D eigenvalue weighted by atomic mass is 16.4. The van der Waals surface area contributed by atoms with Crippen LogP contribution in [0, 0.1) is 0 Å². The SMILES string of the molecule is O=C(O)CCc1ccc2nc(-c3cccnc3)[nH]c2c1. The van der Waals surface area contributed by atoms with Crippen LogP contribution in [0.3, 0.4) is 0 Å². The smallest absolute Gasteiger partial charge is 0.303 e. The molecule has 0 unspecified atom stereocenters. The number of carboxylic acids is 1. The van der Waals surface area contributed by atoms with Crippen molar-refractivity contribution in [1.29, 1.82) is 0 Å². The van der Waals surface area contributed by atoms with E-state index in [0.29, 0.717) is 6.42 Å². The monoisotopic (exact) mass is 267 g/mol. The van der Waals surface area contributed by atoms with E-state index in [4.69, 9.17) is 5.11 Å². The maximum absolute atomic E-state index is 10.6. The van der Waals surface area contributed by atoms with E-state index in [1.54, 1.807) is 12.4 Å². The lowest BCUT2D eigenvalue weighted by molar-refractivity contribution is -0.136. The van der Waals surface area contributed by atoms with E-state index in [0.717, 1.165) is 28.0 Å². The lowest BCUT2D eigenvalue weighted by Gasteiger charge is -1.97. The molecule has 0 aliphatic carbocycles. The molecule has 0 fully saturated rings. The second-order valence-corrected chi connectivity index (χ2v) is 4.57. The third-order valence-electron chi connectivity index (χ3n) is 3.11. The Hall–Kier alpha value is -2.69. The number of hydrogen-bond acceptors (Lipinski definition) is 3. The summed E-state index contributed by atoms with van der Waals surface area (Å²) in [6, 6.07) is 9.57. The molecule has 0 aliphatic heterocycles. The van der Waals surface area contributed by atoms with Crippen molar-refractivity contribution < 1.29 is 9.90 Å². The first-order valence-corrected chi connectivity index (χ1v) is 6.33. The standard InChI is InChI=1S/C15H13N3O2/c19-14(20)6-4-10-3-5-12-13(8-10)18-15(17-12)11-2-1-7-16-9-11/h1-3,5,7-9H,4,6H2,(H,17,18)(H,19,20). The molecule has 0 bridgehead atoms. The highest BCUT2D eigenvalue weighted by Gasteiger charge is 2.06. The summed E-state index contributed by atoms with van der Waals surface area (Å²) < 4.78 is 0. The van der Waals surface area contributed by atoms with Gasteiger partial charge in [0.1, 0.15) is 5.82 Å². The van der Waals surface area contributed by atoms with Gasteiger partial charge in [-0.05, 0) is 36.2 Å². The zero-order chi connectivity index (χ0) is 13.9. The largest absolute Gasteiger partial charge is 0.481 e. The topological polar surface area (TPSA) is 78.9 Å². The van der Waals surface area contributed by atoms with Gasteiger partial charge in [-0.15, -0.1) is 0 Å². The summed E-state index contributed by atoms with van der Waals surface area (Å²) in [6.45, 7) is 0. The number of H-pyrrole nitrogens is 1. The van der Waals surface area contributed by atoms with Crippen LogP contribution in [0.2, 0.25) is 0 Å². The van der Waals surface area contributed by atoms with E-state index < -0.39 is 5.97 Å². The van der Waals surface area contributed by atoms with E-state index in [9.17, 15) is 4.79 Å².